The van der Waals surface area contributed by atoms with Crippen LogP contribution >= 0.6 is 0 Å². The molecule has 0 aliphatic heterocycles. The van der Waals surface area contributed by atoms with Gasteiger partial charge in [0.1, 0.15) is 11.9 Å². The fraction of sp³-hybridized carbons (Fsp3) is 0.474. The van der Waals surface area contributed by atoms with Gasteiger partial charge in [0, 0.05) is 18.7 Å². The Morgan fingerprint density at radius 2 is 2.15 bits per heavy atom. The Morgan fingerprint density at radius 3 is 2.92 bits per heavy atom. The number of H-pyrrole nitrogens is 2. The lowest BCUT2D eigenvalue weighted by atomic mass is 9.98. The molecule has 0 spiro atoms. The predicted molar refractivity (Wildman–Crippen MR) is 98.2 cm³/mol. The van der Waals surface area contributed by atoms with Crippen molar-refractivity contribution in [2.24, 2.45) is 5.92 Å². The molecule has 136 valence electrons. The van der Waals surface area contributed by atoms with Crippen LogP contribution in [0.15, 0.2) is 29.5 Å². The average molecular weight is 353 g/mol. The second-order valence-corrected chi connectivity index (χ2v) is 7.12. The molecule has 0 bridgehead atoms. The highest BCUT2D eigenvalue weighted by molar-refractivity contribution is 5.68. The van der Waals surface area contributed by atoms with Crippen LogP contribution in [0.1, 0.15) is 43.5 Å². The van der Waals surface area contributed by atoms with Gasteiger partial charge in [0.25, 0.3) is 5.56 Å². The number of imidazole rings is 1. The fourth-order valence-corrected chi connectivity index (χ4v) is 3.73. The molecule has 0 saturated heterocycles. The van der Waals surface area contributed by atoms with Crippen LogP contribution in [0.2, 0.25) is 0 Å². The molecule has 0 aromatic carbocycles. The van der Waals surface area contributed by atoms with Crippen molar-refractivity contribution >= 4 is 11.2 Å². The van der Waals surface area contributed by atoms with Crippen molar-refractivity contribution < 1.29 is 4.74 Å². The largest absolute Gasteiger partial charge is 0.474 e. The van der Waals surface area contributed by atoms with Gasteiger partial charge in [0.15, 0.2) is 11.2 Å². The summed E-state index contributed by atoms with van der Waals surface area (Å²) in [5.41, 5.74) is 1.77. The number of hydrogen-bond acceptors (Lipinski definition) is 5. The molecule has 7 heteroatoms. The second-order valence-electron chi connectivity index (χ2n) is 7.12. The minimum Gasteiger partial charge on any atom is -0.474 e. The number of pyridine rings is 1. The molecule has 1 aliphatic rings. The van der Waals surface area contributed by atoms with E-state index in [-0.39, 0.29) is 11.7 Å². The zero-order valence-electron chi connectivity index (χ0n) is 14.9. The van der Waals surface area contributed by atoms with Gasteiger partial charge < -0.3 is 14.7 Å². The number of aryl methyl sites for hydroxylation is 1. The highest BCUT2D eigenvalue weighted by Crippen LogP contribution is 2.30. The summed E-state index contributed by atoms with van der Waals surface area (Å²) in [6.45, 7) is 2.03. The molecule has 1 saturated carbocycles. The van der Waals surface area contributed by atoms with Crippen LogP contribution in [0.5, 0.6) is 5.88 Å². The Balaban J connectivity index is 1.56. The number of ether oxygens (including phenoxy) is 1. The van der Waals surface area contributed by atoms with Gasteiger partial charge in [0.2, 0.25) is 5.88 Å². The molecule has 1 atom stereocenters. The molecule has 0 radical (unpaired) electrons. The first-order valence-corrected chi connectivity index (χ1v) is 9.19. The summed E-state index contributed by atoms with van der Waals surface area (Å²) in [6, 6.07) is 3.91. The van der Waals surface area contributed by atoms with Crippen molar-refractivity contribution in [2.75, 3.05) is 0 Å². The lowest BCUT2D eigenvalue weighted by Gasteiger charge is -2.21. The summed E-state index contributed by atoms with van der Waals surface area (Å²) >= 11 is 0. The van der Waals surface area contributed by atoms with Crippen molar-refractivity contribution in [1.29, 1.82) is 0 Å². The van der Waals surface area contributed by atoms with E-state index in [4.69, 9.17) is 4.74 Å². The first kappa shape index (κ1) is 16.8. The minimum absolute atomic E-state index is 0.0351. The summed E-state index contributed by atoms with van der Waals surface area (Å²) < 4.78 is 6.21. The third-order valence-electron chi connectivity index (χ3n) is 5.01. The Hall–Kier alpha value is -2.70. The molecular weight excluding hydrogens is 330 g/mol. The molecule has 1 aliphatic carbocycles. The lowest BCUT2D eigenvalue weighted by Crippen LogP contribution is -2.23. The number of aromatic nitrogens is 5. The van der Waals surface area contributed by atoms with Gasteiger partial charge in [-0.3, -0.25) is 4.79 Å². The number of aromatic amines is 2. The minimum atomic E-state index is -0.206. The highest BCUT2D eigenvalue weighted by Gasteiger charge is 2.23. The third kappa shape index (κ3) is 3.76. The van der Waals surface area contributed by atoms with E-state index >= 15 is 0 Å². The van der Waals surface area contributed by atoms with Crippen LogP contribution < -0.4 is 10.3 Å². The molecule has 4 rings (SSSR count). The average Bonchev–Trinajstić information content (AvgIpc) is 3.25. The van der Waals surface area contributed by atoms with E-state index < -0.39 is 0 Å². The van der Waals surface area contributed by atoms with E-state index in [0.717, 1.165) is 17.8 Å². The second kappa shape index (κ2) is 7.27. The van der Waals surface area contributed by atoms with Crippen LogP contribution in [0.4, 0.5) is 0 Å². The molecule has 26 heavy (non-hydrogen) atoms. The molecule has 0 amide bonds. The zero-order chi connectivity index (χ0) is 17.9. The van der Waals surface area contributed by atoms with E-state index in [9.17, 15) is 4.79 Å². The summed E-state index contributed by atoms with van der Waals surface area (Å²) in [5.74, 6) is 2.04. The fourth-order valence-electron chi connectivity index (χ4n) is 3.73. The molecule has 2 N–H and O–H groups in total. The van der Waals surface area contributed by atoms with Crippen molar-refractivity contribution in [1.82, 2.24) is 24.9 Å². The third-order valence-corrected chi connectivity index (χ3v) is 5.01. The van der Waals surface area contributed by atoms with Crippen LogP contribution in [0.3, 0.4) is 0 Å². The molecular formula is C19H23N5O2. The number of nitrogens with zero attached hydrogens (tertiary/aromatic N) is 3. The molecule has 3 aromatic rings. The van der Waals surface area contributed by atoms with Gasteiger partial charge >= 0.3 is 0 Å². The van der Waals surface area contributed by atoms with E-state index in [2.05, 4.69) is 24.9 Å². The maximum absolute atomic E-state index is 11.9. The van der Waals surface area contributed by atoms with Crippen LogP contribution in [0.25, 0.3) is 11.2 Å². The number of hydrogen-bond donors (Lipinski definition) is 2. The van der Waals surface area contributed by atoms with Crippen molar-refractivity contribution in [3.63, 3.8) is 0 Å². The van der Waals surface area contributed by atoms with E-state index in [1.165, 1.54) is 32.0 Å². The van der Waals surface area contributed by atoms with Gasteiger partial charge in [-0.05, 0) is 30.9 Å². The summed E-state index contributed by atoms with van der Waals surface area (Å²) in [5, 5.41) is 0. The molecule has 1 unspecified atom stereocenters. The summed E-state index contributed by atoms with van der Waals surface area (Å²) in [7, 11) is 0. The van der Waals surface area contributed by atoms with Crippen LogP contribution in [-0.4, -0.2) is 31.0 Å². The van der Waals surface area contributed by atoms with Crippen molar-refractivity contribution in [2.45, 2.75) is 51.6 Å². The molecule has 7 nitrogen and oxygen atoms in total. The SMILES string of the molecule is Cc1ccnc(OC(Cc2nc3nc[nH]c(=O)c3[nH]2)CC2CCCC2)c1. The van der Waals surface area contributed by atoms with Gasteiger partial charge in [-0.2, -0.15) is 0 Å². The predicted octanol–water partition coefficient (Wildman–Crippen LogP) is 2.92. The Kier molecular flexibility index (Phi) is 4.69. The van der Waals surface area contributed by atoms with E-state index in [0.29, 0.717) is 29.4 Å². The highest BCUT2D eigenvalue weighted by atomic mass is 16.5. The molecule has 3 aromatic heterocycles. The quantitative estimate of drug-likeness (QED) is 0.710. The maximum atomic E-state index is 11.9. The van der Waals surface area contributed by atoms with Gasteiger partial charge in [0.05, 0.1) is 6.33 Å². The zero-order valence-corrected chi connectivity index (χ0v) is 14.9. The number of rotatable bonds is 6. The van der Waals surface area contributed by atoms with Crippen molar-refractivity contribution in [3.8, 4) is 5.88 Å². The van der Waals surface area contributed by atoms with Crippen LogP contribution in [-0.2, 0) is 6.42 Å². The van der Waals surface area contributed by atoms with E-state index in [1.54, 1.807) is 6.20 Å². The standard InChI is InChI=1S/C19H23N5O2/c1-12-6-7-20-16(8-12)26-14(9-13-4-2-3-5-13)10-15-23-17-18(24-15)21-11-22-19(17)25/h6-8,11,13-14H,2-5,9-10H2,1H3,(H2,21,22,23,24,25). The molecule has 1 fully saturated rings. The lowest BCUT2D eigenvalue weighted by molar-refractivity contribution is 0.159. The normalized spacial score (nSPS) is 16.2. The maximum Gasteiger partial charge on any atom is 0.276 e. The summed E-state index contributed by atoms with van der Waals surface area (Å²) in [4.78, 5) is 30.5. The molecule has 3 heterocycles. The smallest absolute Gasteiger partial charge is 0.276 e. The van der Waals surface area contributed by atoms with Gasteiger partial charge in [-0.25, -0.2) is 15.0 Å². The Labute approximate surface area is 151 Å². The van der Waals surface area contributed by atoms with Crippen molar-refractivity contribution in [3.05, 3.63) is 46.4 Å². The number of nitrogens with one attached hydrogen (secondary N) is 2. The number of fused-ring (bicyclic) bond motifs is 1. The first-order valence-electron chi connectivity index (χ1n) is 9.19. The van der Waals surface area contributed by atoms with Crippen LogP contribution in [0, 0.1) is 12.8 Å². The van der Waals surface area contributed by atoms with E-state index in [1.807, 2.05) is 19.1 Å². The monoisotopic (exact) mass is 353 g/mol. The topological polar surface area (TPSA) is 96.6 Å². The van der Waals surface area contributed by atoms with Gasteiger partial charge in [-0.15, -0.1) is 0 Å². The first-order chi connectivity index (χ1) is 12.7. The van der Waals surface area contributed by atoms with Gasteiger partial charge in [-0.1, -0.05) is 25.7 Å². The summed E-state index contributed by atoms with van der Waals surface area (Å²) in [6.07, 6.45) is 9.77. The Bertz CT molecular complexity index is 942. The Morgan fingerprint density at radius 1 is 1.31 bits per heavy atom.